The van der Waals surface area contributed by atoms with Crippen LogP contribution in [0.25, 0.3) is 6.08 Å². The highest BCUT2D eigenvalue weighted by Gasteiger charge is 2.10. The van der Waals surface area contributed by atoms with Crippen molar-refractivity contribution in [3.8, 4) is 11.5 Å². The summed E-state index contributed by atoms with van der Waals surface area (Å²) in [7, 11) is 3.07. The van der Waals surface area contributed by atoms with E-state index in [0.717, 1.165) is 5.56 Å². The molecule has 0 unspecified atom stereocenters. The number of aliphatic hydroxyl groups excluding tert-OH is 1. The fourth-order valence-corrected chi connectivity index (χ4v) is 2.08. The van der Waals surface area contributed by atoms with E-state index in [9.17, 15) is 9.59 Å². The van der Waals surface area contributed by atoms with E-state index in [0.29, 0.717) is 18.0 Å². The lowest BCUT2D eigenvalue weighted by atomic mass is 10.1. The molecule has 0 saturated heterocycles. The second kappa shape index (κ2) is 12.1. The van der Waals surface area contributed by atoms with Gasteiger partial charge in [0.05, 0.1) is 32.1 Å². The number of aromatic carboxylic acids is 1. The number of carbonyl (C=O) groups excluding carboxylic acids is 1. The third-order valence-corrected chi connectivity index (χ3v) is 3.38. The number of nitrogens with one attached hydrogen (secondary N) is 1. The second-order valence-corrected chi connectivity index (χ2v) is 5.30. The van der Waals surface area contributed by atoms with Crippen molar-refractivity contribution >= 4 is 23.6 Å². The molecule has 0 aliphatic rings. The minimum Gasteiger partial charge on any atom is -0.493 e. The third-order valence-electron chi connectivity index (χ3n) is 3.38. The number of hydrogen-bond donors (Lipinski definition) is 4. The summed E-state index contributed by atoms with van der Waals surface area (Å²) in [6.07, 6.45) is 2.92. The largest absolute Gasteiger partial charge is 0.493 e. The SMILES string of the molecule is COc1ccc(/C=C/C(=O)Nc2ccccc2C(=O)O)cc1OC.NCCO. The van der Waals surface area contributed by atoms with Crippen molar-refractivity contribution in [2.75, 3.05) is 32.7 Å². The first-order valence-electron chi connectivity index (χ1n) is 8.31. The lowest BCUT2D eigenvalue weighted by molar-refractivity contribution is -0.111. The van der Waals surface area contributed by atoms with Crippen LogP contribution in [0.1, 0.15) is 15.9 Å². The molecule has 2 aromatic rings. The lowest BCUT2D eigenvalue weighted by Crippen LogP contribution is -2.11. The molecule has 0 spiro atoms. The van der Waals surface area contributed by atoms with Crippen LogP contribution in [0.3, 0.4) is 0 Å². The van der Waals surface area contributed by atoms with E-state index in [1.54, 1.807) is 43.5 Å². The van der Waals surface area contributed by atoms with Gasteiger partial charge in [-0.25, -0.2) is 4.79 Å². The number of carbonyl (C=O) groups is 2. The van der Waals surface area contributed by atoms with Crippen LogP contribution >= 0.6 is 0 Å². The van der Waals surface area contributed by atoms with Gasteiger partial charge in [-0.15, -0.1) is 0 Å². The maximum Gasteiger partial charge on any atom is 0.337 e. The number of para-hydroxylation sites is 1. The van der Waals surface area contributed by atoms with Crippen molar-refractivity contribution < 1.29 is 29.3 Å². The number of methoxy groups -OCH3 is 2. The molecule has 0 aromatic heterocycles. The molecule has 0 heterocycles. The summed E-state index contributed by atoms with van der Waals surface area (Å²) in [5.41, 5.74) is 5.80. The highest BCUT2D eigenvalue weighted by molar-refractivity contribution is 6.06. The van der Waals surface area contributed by atoms with Gasteiger partial charge in [-0.05, 0) is 35.9 Å². The van der Waals surface area contributed by atoms with Crippen LogP contribution in [-0.2, 0) is 4.79 Å². The molecule has 8 heteroatoms. The number of aliphatic hydroxyl groups is 1. The Balaban J connectivity index is 0.000000892. The summed E-state index contributed by atoms with van der Waals surface area (Å²) in [4.78, 5) is 23.1. The van der Waals surface area contributed by atoms with Gasteiger partial charge in [0, 0.05) is 12.6 Å². The Hall–Kier alpha value is -3.36. The van der Waals surface area contributed by atoms with Crippen molar-refractivity contribution in [3.05, 3.63) is 59.7 Å². The van der Waals surface area contributed by atoms with Crippen molar-refractivity contribution in [1.82, 2.24) is 0 Å². The van der Waals surface area contributed by atoms with E-state index in [1.165, 1.54) is 25.3 Å². The van der Waals surface area contributed by atoms with Crippen LogP contribution < -0.4 is 20.5 Å². The number of hydrogen-bond acceptors (Lipinski definition) is 6. The highest BCUT2D eigenvalue weighted by Crippen LogP contribution is 2.28. The summed E-state index contributed by atoms with van der Waals surface area (Å²) in [5.74, 6) is -0.390. The van der Waals surface area contributed by atoms with E-state index in [2.05, 4.69) is 5.32 Å². The molecular formula is C20H24N2O6. The predicted molar refractivity (Wildman–Crippen MR) is 107 cm³/mol. The van der Waals surface area contributed by atoms with E-state index in [4.69, 9.17) is 25.4 Å². The number of amides is 1. The summed E-state index contributed by atoms with van der Waals surface area (Å²) < 4.78 is 10.3. The van der Waals surface area contributed by atoms with Crippen LogP contribution in [0.4, 0.5) is 5.69 Å². The highest BCUT2D eigenvalue weighted by atomic mass is 16.5. The van der Waals surface area contributed by atoms with E-state index in [-0.39, 0.29) is 17.9 Å². The topological polar surface area (TPSA) is 131 Å². The smallest absolute Gasteiger partial charge is 0.337 e. The van der Waals surface area contributed by atoms with E-state index >= 15 is 0 Å². The Bertz CT molecular complexity index is 818. The van der Waals surface area contributed by atoms with Gasteiger partial charge in [-0.3, -0.25) is 4.79 Å². The normalized spacial score (nSPS) is 10.0. The Morgan fingerprint density at radius 1 is 1.11 bits per heavy atom. The van der Waals surface area contributed by atoms with Gasteiger partial charge in [-0.2, -0.15) is 0 Å². The summed E-state index contributed by atoms with van der Waals surface area (Å²) in [6, 6.07) is 11.4. The summed E-state index contributed by atoms with van der Waals surface area (Å²) in [6.45, 7) is 0.472. The molecule has 1 amide bonds. The summed E-state index contributed by atoms with van der Waals surface area (Å²) >= 11 is 0. The Labute approximate surface area is 163 Å². The van der Waals surface area contributed by atoms with Crippen molar-refractivity contribution in [2.45, 2.75) is 0 Å². The lowest BCUT2D eigenvalue weighted by Gasteiger charge is -2.08. The number of carboxylic acids is 1. The Morgan fingerprint density at radius 3 is 2.32 bits per heavy atom. The molecule has 2 aromatic carbocycles. The number of rotatable bonds is 7. The zero-order chi connectivity index (χ0) is 20.9. The van der Waals surface area contributed by atoms with Crippen LogP contribution in [-0.4, -0.2) is 49.5 Å². The molecule has 0 aliphatic heterocycles. The van der Waals surface area contributed by atoms with Gasteiger partial charge in [0.15, 0.2) is 11.5 Å². The van der Waals surface area contributed by atoms with Crippen LogP contribution in [0, 0.1) is 0 Å². The monoisotopic (exact) mass is 388 g/mol. The number of ether oxygens (including phenoxy) is 2. The van der Waals surface area contributed by atoms with Gasteiger partial charge in [0.2, 0.25) is 5.91 Å². The molecule has 0 atom stereocenters. The van der Waals surface area contributed by atoms with Crippen molar-refractivity contribution in [3.63, 3.8) is 0 Å². The average molecular weight is 388 g/mol. The molecular weight excluding hydrogens is 364 g/mol. The summed E-state index contributed by atoms with van der Waals surface area (Å²) in [5, 5.41) is 19.4. The minimum absolute atomic E-state index is 0.0327. The molecule has 2 rings (SSSR count). The fraction of sp³-hybridized carbons (Fsp3) is 0.200. The molecule has 5 N–H and O–H groups in total. The van der Waals surface area contributed by atoms with Crippen molar-refractivity contribution in [2.24, 2.45) is 5.73 Å². The van der Waals surface area contributed by atoms with Crippen LogP contribution in [0.2, 0.25) is 0 Å². The second-order valence-electron chi connectivity index (χ2n) is 5.30. The first kappa shape index (κ1) is 22.7. The molecule has 8 nitrogen and oxygen atoms in total. The van der Waals surface area contributed by atoms with E-state index < -0.39 is 11.9 Å². The average Bonchev–Trinajstić information content (AvgIpc) is 2.72. The number of carboxylic acid groups (broad SMARTS) is 1. The van der Waals surface area contributed by atoms with Gasteiger partial charge in [0.1, 0.15) is 0 Å². The van der Waals surface area contributed by atoms with Gasteiger partial charge < -0.3 is 30.7 Å². The zero-order valence-corrected chi connectivity index (χ0v) is 15.7. The Morgan fingerprint density at radius 2 is 1.75 bits per heavy atom. The van der Waals surface area contributed by atoms with Crippen LogP contribution in [0.5, 0.6) is 11.5 Å². The molecule has 0 radical (unpaired) electrons. The first-order valence-corrected chi connectivity index (χ1v) is 8.31. The van der Waals surface area contributed by atoms with Crippen molar-refractivity contribution in [1.29, 1.82) is 0 Å². The molecule has 0 bridgehead atoms. The quantitative estimate of drug-likeness (QED) is 0.534. The van der Waals surface area contributed by atoms with Gasteiger partial charge in [-0.1, -0.05) is 18.2 Å². The van der Waals surface area contributed by atoms with E-state index in [1.807, 2.05) is 0 Å². The van der Waals surface area contributed by atoms with Gasteiger partial charge >= 0.3 is 5.97 Å². The molecule has 150 valence electrons. The molecule has 0 aliphatic carbocycles. The molecule has 0 saturated carbocycles. The predicted octanol–water partition coefficient (Wildman–Crippen LogP) is 1.99. The first-order chi connectivity index (χ1) is 13.5. The minimum atomic E-state index is -1.10. The standard InChI is InChI=1S/C18H17NO5.C2H7NO/c1-23-15-9-7-12(11-16(15)24-2)8-10-17(20)19-14-6-4-3-5-13(14)18(21)22;3-1-2-4/h3-11H,1-2H3,(H,19,20)(H,21,22);4H,1-3H2/b10-8+;. The molecule has 28 heavy (non-hydrogen) atoms. The number of anilines is 1. The van der Waals surface area contributed by atoms with Crippen LogP contribution in [0.15, 0.2) is 48.5 Å². The Kier molecular flexibility index (Phi) is 9.80. The third kappa shape index (κ3) is 7.10. The molecule has 0 fully saturated rings. The number of benzene rings is 2. The maximum absolute atomic E-state index is 12.0. The fourth-order valence-electron chi connectivity index (χ4n) is 2.08. The zero-order valence-electron chi connectivity index (χ0n) is 15.7. The maximum atomic E-state index is 12.0. The van der Waals surface area contributed by atoms with Gasteiger partial charge in [0.25, 0.3) is 0 Å². The number of nitrogens with two attached hydrogens (primary N) is 1.